The highest BCUT2D eigenvalue weighted by molar-refractivity contribution is 6.68. The first-order valence-electron chi connectivity index (χ1n) is 5.24. The first-order valence-corrected chi connectivity index (χ1v) is 6.00. The third-order valence-electron chi connectivity index (χ3n) is 2.52. The van der Waals surface area contributed by atoms with Crippen molar-refractivity contribution in [3.05, 3.63) is 57.2 Å². The van der Waals surface area contributed by atoms with Crippen LogP contribution in [0.3, 0.4) is 0 Å². The molecule has 0 aliphatic heterocycles. The topological polar surface area (TPSA) is 94.5 Å². The summed E-state index contributed by atoms with van der Waals surface area (Å²) in [5.74, 6) is 0. The number of rotatable bonds is 3. The van der Waals surface area contributed by atoms with E-state index in [-0.39, 0.29) is 16.9 Å². The third-order valence-corrected chi connectivity index (χ3v) is 2.93. The van der Waals surface area contributed by atoms with Crippen LogP contribution in [0, 0.1) is 11.3 Å². The van der Waals surface area contributed by atoms with Crippen LogP contribution < -0.4 is 0 Å². The molecule has 2 rings (SSSR count). The van der Waals surface area contributed by atoms with Crippen LogP contribution in [0.4, 0.5) is 5.69 Å². The lowest BCUT2D eigenvalue weighted by atomic mass is 10.3. The van der Waals surface area contributed by atoms with E-state index in [4.69, 9.17) is 34.0 Å². The van der Waals surface area contributed by atoms with Gasteiger partial charge in [-0.2, -0.15) is 5.26 Å². The predicted octanol–water partition coefficient (Wildman–Crippen LogP) is 4.32. The average molecular weight is 306 g/mol. The van der Waals surface area contributed by atoms with E-state index in [2.05, 4.69) is 10.0 Å². The van der Waals surface area contributed by atoms with Crippen molar-refractivity contribution in [1.82, 2.24) is 4.57 Å². The molecule has 1 aromatic heterocycles. The Morgan fingerprint density at radius 3 is 2.80 bits per heavy atom. The van der Waals surface area contributed by atoms with Gasteiger partial charge in [-0.1, -0.05) is 22.8 Å². The van der Waals surface area contributed by atoms with E-state index >= 15 is 0 Å². The van der Waals surface area contributed by atoms with Crippen molar-refractivity contribution in [2.24, 2.45) is 5.11 Å². The van der Waals surface area contributed by atoms with Crippen LogP contribution in [-0.2, 0) is 0 Å². The molecule has 0 radical (unpaired) electrons. The number of aromatic nitrogens is 1. The fourth-order valence-corrected chi connectivity index (χ4v) is 2.11. The Kier molecular flexibility index (Phi) is 3.97. The molecule has 0 N–H and O–H groups in total. The van der Waals surface area contributed by atoms with E-state index in [1.807, 2.05) is 6.07 Å². The standard InChI is InChI=1S/C12H5Cl2N5O/c13-8-2-1-3-9(4-8)19-6-7(5-15)10(17-18-16)11(19)12(14)20/h1-4,6H. The van der Waals surface area contributed by atoms with Crippen LogP contribution in [0.15, 0.2) is 35.6 Å². The number of hydrogen-bond donors (Lipinski definition) is 0. The molecule has 0 aliphatic rings. The largest absolute Gasteiger partial charge is 0.311 e. The van der Waals surface area contributed by atoms with Crippen molar-refractivity contribution in [1.29, 1.82) is 5.26 Å². The van der Waals surface area contributed by atoms with Gasteiger partial charge in [-0.05, 0) is 35.3 Å². The first-order chi connectivity index (χ1) is 9.58. The zero-order valence-electron chi connectivity index (χ0n) is 9.79. The van der Waals surface area contributed by atoms with E-state index in [0.717, 1.165) is 0 Å². The molecule has 0 spiro atoms. The zero-order valence-corrected chi connectivity index (χ0v) is 11.3. The summed E-state index contributed by atoms with van der Waals surface area (Å²) in [5.41, 5.74) is 8.93. The molecular weight excluding hydrogens is 301 g/mol. The van der Waals surface area contributed by atoms with Crippen LogP contribution >= 0.6 is 23.2 Å². The summed E-state index contributed by atoms with van der Waals surface area (Å²) in [5, 5.41) is 12.0. The zero-order chi connectivity index (χ0) is 14.7. The molecule has 2 aromatic rings. The van der Waals surface area contributed by atoms with Crippen molar-refractivity contribution >= 4 is 34.1 Å². The summed E-state index contributed by atoms with van der Waals surface area (Å²) in [6, 6.07) is 8.46. The van der Waals surface area contributed by atoms with E-state index in [1.165, 1.54) is 10.8 Å². The lowest BCUT2D eigenvalue weighted by Gasteiger charge is -2.06. The predicted molar refractivity (Wildman–Crippen MR) is 74.5 cm³/mol. The molecule has 0 unspecified atom stereocenters. The molecule has 0 fully saturated rings. The van der Waals surface area contributed by atoms with E-state index in [0.29, 0.717) is 10.7 Å². The minimum Gasteiger partial charge on any atom is -0.311 e. The van der Waals surface area contributed by atoms with Crippen molar-refractivity contribution in [3.63, 3.8) is 0 Å². The molecule has 0 aliphatic carbocycles. The second-order valence-corrected chi connectivity index (χ2v) is 4.44. The Labute approximate surface area is 123 Å². The fourth-order valence-electron chi connectivity index (χ4n) is 1.74. The molecule has 0 bridgehead atoms. The molecule has 0 saturated heterocycles. The van der Waals surface area contributed by atoms with Gasteiger partial charge in [-0.3, -0.25) is 4.79 Å². The van der Waals surface area contributed by atoms with Crippen LogP contribution in [0.25, 0.3) is 16.1 Å². The van der Waals surface area contributed by atoms with Crippen LogP contribution in [-0.4, -0.2) is 9.81 Å². The second kappa shape index (κ2) is 5.68. The van der Waals surface area contributed by atoms with E-state index in [9.17, 15) is 4.79 Å². The maximum Gasteiger partial charge on any atom is 0.269 e. The van der Waals surface area contributed by atoms with Crippen molar-refractivity contribution in [2.45, 2.75) is 0 Å². The van der Waals surface area contributed by atoms with Gasteiger partial charge in [-0.15, -0.1) is 0 Å². The lowest BCUT2D eigenvalue weighted by molar-refractivity contribution is 0.107. The summed E-state index contributed by atoms with van der Waals surface area (Å²) in [4.78, 5) is 14.2. The van der Waals surface area contributed by atoms with Crippen molar-refractivity contribution in [2.75, 3.05) is 0 Å². The molecule has 98 valence electrons. The molecular formula is C12H5Cl2N5O. The number of halogens is 2. The SMILES string of the molecule is N#Cc1cn(-c2cccc(Cl)c2)c(C(=O)Cl)c1N=[N+]=[N-]. The second-order valence-electron chi connectivity index (χ2n) is 3.66. The van der Waals surface area contributed by atoms with Gasteiger partial charge in [0.25, 0.3) is 5.24 Å². The first kappa shape index (κ1) is 14.0. The molecule has 0 atom stereocenters. The van der Waals surface area contributed by atoms with Crippen LogP contribution in [0.1, 0.15) is 16.1 Å². The minimum absolute atomic E-state index is 0.0479. The molecule has 8 heteroatoms. The monoisotopic (exact) mass is 305 g/mol. The lowest BCUT2D eigenvalue weighted by Crippen LogP contribution is -2.01. The van der Waals surface area contributed by atoms with Gasteiger partial charge < -0.3 is 4.57 Å². The van der Waals surface area contributed by atoms with Gasteiger partial charge in [0.1, 0.15) is 11.8 Å². The summed E-state index contributed by atoms with van der Waals surface area (Å²) >= 11 is 11.4. The van der Waals surface area contributed by atoms with Crippen molar-refractivity contribution < 1.29 is 4.79 Å². The summed E-state index contributed by atoms with van der Waals surface area (Å²) in [6.45, 7) is 0. The van der Waals surface area contributed by atoms with Gasteiger partial charge in [0.2, 0.25) is 0 Å². The van der Waals surface area contributed by atoms with Gasteiger partial charge >= 0.3 is 0 Å². The smallest absolute Gasteiger partial charge is 0.269 e. The summed E-state index contributed by atoms with van der Waals surface area (Å²) in [7, 11) is 0. The van der Waals surface area contributed by atoms with Crippen LogP contribution in [0.5, 0.6) is 0 Å². The minimum atomic E-state index is -0.839. The Balaban J connectivity index is 2.80. The quantitative estimate of drug-likeness (QED) is 0.365. The number of hydrogen-bond acceptors (Lipinski definition) is 3. The van der Waals surface area contributed by atoms with Gasteiger partial charge in [0, 0.05) is 21.8 Å². The maximum atomic E-state index is 11.6. The van der Waals surface area contributed by atoms with Gasteiger partial charge in [-0.25, -0.2) is 0 Å². The maximum absolute atomic E-state index is 11.6. The number of benzene rings is 1. The molecule has 1 heterocycles. The summed E-state index contributed by atoms with van der Waals surface area (Å²) < 4.78 is 1.36. The highest BCUT2D eigenvalue weighted by Gasteiger charge is 2.20. The normalized spacial score (nSPS) is 9.65. The van der Waals surface area contributed by atoms with Crippen molar-refractivity contribution in [3.8, 4) is 11.8 Å². The van der Waals surface area contributed by atoms with Gasteiger partial charge in [0.15, 0.2) is 0 Å². The number of nitrogens with zero attached hydrogens (tertiary/aromatic N) is 5. The summed E-state index contributed by atoms with van der Waals surface area (Å²) in [6.07, 6.45) is 1.37. The number of azide groups is 1. The molecule has 20 heavy (non-hydrogen) atoms. The highest BCUT2D eigenvalue weighted by Crippen LogP contribution is 2.31. The molecule has 0 amide bonds. The Bertz CT molecular complexity index is 784. The fraction of sp³-hybridized carbons (Fsp3) is 0. The number of carbonyl (C=O) groups is 1. The number of carbonyl (C=O) groups excluding carboxylic acids is 1. The average Bonchev–Trinajstić information content (AvgIpc) is 2.78. The Hall–Kier alpha value is -2.45. The molecule has 0 saturated carbocycles. The third kappa shape index (κ3) is 2.46. The van der Waals surface area contributed by atoms with Gasteiger partial charge in [0.05, 0.1) is 11.3 Å². The number of nitriles is 1. The van der Waals surface area contributed by atoms with E-state index < -0.39 is 5.24 Å². The molecule has 1 aromatic carbocycles. The Morgan fingerprint density at radius 1 is 1.50 bits per heavy atom. The Morgan fingerprint density at radius 2 is 2.25 bits per heavy atom. The van der Waals surface area contributed by atoms with Crippen LogP contribution in [0.2, 0.25) is 5.02 Å². The highest BCUT2D eigenvalue weighted by atomic mass is 35.5. The molecule has 6 nitrogen and oxygen atoms in total. The van der Waals surface area contributed by atoms with E-state index in [1.54, 1.807) is 24.3 Å².